The molecule has 2 N–H and O–H groups in total. The quantitative estimate of drug-likeness (QED) is 0.587. The fraction of sp³-hybridized carbons (Fsp3) is 0.765. The number of carbonyl (C=O) groups is 2. The summed E-state index contributed by atoms with van der Waals surface area (Å²) >= 11 is 0. The maximum Gasteiger partial charge on any atom is 0.336 e. The predicted octanol–water partition coefficient (Wildman–Crippen LogP) is 4.13. The van der Waals surface area contributed by atoms with Gasteiger partial charge in [-0.25, -0.2) is 4.79 Å². The number of rotatable bonds is 4. The molecule has 23 heavy (non-hydrogen) atoms. The van der Waals surface area contributed by atoms with E-state index in [-0.39, 0.29) is 5.91 Å². The lowest BCUT2D eigenvalue weighted by Crippen LogP contribution is -2.25. The van der Waals surface area contributed by atoms with Crippen LogP contribution in [0.3, 0.4) is 0 Å². The minimum Gasteiger partial charge on any atom is -0.478 e. The third-order valence-corrected chi connectivity index (χ3v) is 12.2. The average Bonchev–Trinajstić information content (AvgIpc) is 2.99. The SMILES string of the molecule is CNC(=O)/C(=C(\C(=O)O)P1[C@H](C)CC[C@H]1C)P1[C@H](C)CC[C@H]1C. The molecule has 0 aromatic rings. The number of likely N-dealkylation sites (N-methyl/N-ethyl adjacent to an activating group) is 1. The van der Waals surface area contributed by atoms with Crippen molar-refractivity contribution in [2.45, 2.75) is 76.0 Å². The number of carboxylic acids is 1. The van der Waals surface area contributed by atoms with Crippen molar-refractivity contribution in [1.82, 2.24) is 5.32 Å². The van der Waals surface area contributed by atoms with Gasteiger partial charge in [0, 0.05) is 7.05 Å². The average molecular weight is 357 g/mol. The van der Waals surface area contributed by atoms with E-state index in [0.717, 1.165) is 25.7 Å². The molecule has 2 rings (SSSR count). The zero-order chi connectivity index (χ0) is 17.3. The number of hydrogen-bond acceptors (Lipinski definition) is 2. The topological polar surface area (TPSA) is 66.4 Å². The molecule has 0 aliphatic carbocycles. The van der Waals surface area contributed by atoms with Crippen molar-refractivity contribution in [2.24, 2.45) is 0 Å². The molecule has 2 saturated heterocycles. The highest BCUT2D eigenvalue weighted by atomic mass is 31.1. The van der Waals surface area contributed by atoms with Gasteiger partial charge in [-0.05, 0) is 48.3 Å². The molecule has 0 spiro atoms. The van der Waals surface area contributed by atoms with Crippen LogP contribution in [0.1, 0.15) is 53.4 Å². The molecule has 0 aromatic carbocycles. The van der Waals surface area contributed by atoms with E-state index in [9.17, 15) is 14.7 Å². The summed E-state index contributed by atoms with van der Waals surface area (Å²) in [6.07, 6.45) is 4.36. The van der Waals surface area contributed by atoms with Crippen molar-refractivity contribution in [3.8, 4) is 0 Å². The fourth-order valence-electron chi connectivity index (χ4n) is 4.07. The molecule has 0 aromatic heterocycles. The van der Waals surface area contributed by atoms with Crippen LogP contribution in [-0.4, -0.2) is 46.7 Å². The van der Waals surface area contributed by atoms with Crippen molar-refractivity contribution in [2.75, 3.05) is 7.05 Å². The first-order valence-corrected chi connectivity index (χ1v) is 11.5. The molecule has 2 aliphatic rings. The van der Waals surface area contributed by atoms with Gasteiger partial charge in [0.25, 0.3) is 5.91 Å². The number of aliphatic carboxylic acids is 1. The van der Waals surface area contributed by atoms with Crippen LogP contribution in [0, 0.1) is 0 Å². The minimum absolute atomic E-state index is 0.150. The third kappa shape index (κ3) is 3.64. The summed E-state index contributed by atoms with van der Waals surface area (Å²) in [5, 5.41) is 13.9. The van der Waals surface area contributed by atoms with Crippen molar-refractivity contribution >= 4 is 27.7 Å². The van der Waals surface area contributed by atoms with Gasteiger partial charge in [-0.2, -0.15) is 0 Å². The summed E-state index contributed by atoms with van der Waals surface area (Å²) in [6, 6.07) is 0. The summed E-state index contributed by atoms with van der Waals surface area (Å²) in [6.45, 7) is 8.70. The zero-order valence-electron chi connectivity index (χ0n) is 14.8. The van der Waals surface area contributed by atoms with Crippen LogP contribution in [0.15, 0.2) is 10.6 Å². The van der Waals surface area contributed by atoms with Crippen LogP contribution < -0.4 is 5.32 Å². The van der Waals surface area contributed by atoms with Gasteiger partial charge < -0.3 is 10.4 Å². The molecular formula is C17H29NO3P2. The number of carbonyl (C=O) groups excluding carboxylic acids is 1. The highest BCUT2D eigenvalue weighted by Crippen LogP contribution is 2.68. The van der Waals surface area contributed by atoms with E-state index in [1.54, 1.807) is 7.05 Å². The highest BCUT2D eigenvalue weighted by Gasteiger charge is 2.43. The number of hydrogen-bond donors (Lipinski definition) is 2. The Morgan fingerprint density at radius 2 is 1.17 bits per heavy atom. The van der Waals surface area contributed by atoms with Crippen LogP contribution in [-0.2, 0) is 9.59 Å². The number of nitrogens with one attached hydrogen (secondary N) is 1. The summed E-state index contributed by atoms with van der Waals surface area (Å²) < 4.78 is 0. The largest absolute Gasteiger partial charge is 0.478 e. The molecule has 2 heterocycles. The Hall–Kier alpha value is -0.460. The van der Waals surface area contributed by atoms with Crippen molar-refractivity contribution in [3.05, 3.63) is 10.6 Å². The molecule has 0 bridgehead atoms. The molecule has 1 amide bonds. The Morgan fingerprint density at radius 3 is 1.48 bits per heavy atom. The van der Waals surface area contributed by atoms with Crippen LogP contribution in [0.4, 0.5) is 0 Å². The van der Waals surface area contributed by atoms with Crippen LogP contribution in [0.25, 0.3) is 0 Å². The lowest BCUT2D eigenvalue weighted by Gasteiger charge is -2.30. The van der Waals surface area contributed by atoms with Gasteiger partial charge in [-0.1, -0.05) is 43.5 Å². The lowest BCUT2D eigenvalue weighted by atomic mass is 10.2. The van der Waals surface area contributed by atoms with Gasteiger partial charge in [0.05, 0.1) is 10.6 Å². The molecule has 4 atom stereocenters. The zero-order valence-corrected chi connectivity index (χ0v) is 16.6. The Balaban J connectivity index is 2.61. The lowest BCUT2D eigenvalue weighted by molar-refractivity contribution is -0.132. The van der Waals surface area contributed by atoms with E-state index in [1.165, 1.54) is 0 Å². The van der Waals surface area contributed by atoms with Crippen LogP contribution >= 0.6 is 15.8 Å². The first-order chi connectivity index (χ1) is 10.8. The van der Waals surface area contributed by atoms with E-state index in [1.807, 2.05) is 0 Å². The molecule has 6 heteroatoms. The summed E-state index contributed by atoms with van der Waals surface area (Å²) in [7, 11) is 0.156. The van der Waals surface area contributed by atoms with Crippen LogP contribution in [0.5, 0.6) is 0 Å². The molecule has 2 aliphatic heterocycles. The van der Waals surface area contributed by atoms with E-state index in [2.05, 4.69) is 33.0 Å². The molecule has 130 valence electrons. The maximum atomic E-state index is 12.7. The Labute approximate surface area is 142 Å². The molecule has 0 unspecified atom stereocenters. The Bertz CT molecular complexity index is 500. The monoisotopic (exact) mass is 357 g/mol. The van der Waals surface area contributed by atoms with Crippen molar-refractivity contribution < 1.29 is 14.7 Å². The minimum atomic E-state index is -0.857. The van der Waals surface area contributed by atoms with Gasteiger partial charge in [-0.3, -0.25) is 4.79 Å². The second kappa shape index (κ2) is 7.62. The second-order valence-corrected chi connectivity index (χ2v) is 13.0. The maximum absolute atomic E-state index is 12.7. The fourth-order valence-corrected chi connectivity index (χ4v) is 11.2. The number of amides is 1. The predicted molar refractivity (Wildman–Crippen MR) is 98.9 cm³/mol. The third-order valence-electron chi connectivity index (χ3n) is 5.29. The van der Waals surface area contributed by atoms with Crippen LogP contribution in [0.2, 0.25) is 0 Å². The molecule has 0 saturated carbocycles. The van der Waals surface area contributed by atoms with Crippen molar-refractivity contribution in [3.63, 3.8) is 0 Å². The standard InChI is InChI=1S/C17H29NO3P2/c1-10-6-7-11(2)22(10)14(16(19)18-5)15(17(20)21)23-12(3)8-9-13(23)4/h10-13H,6-9H2,1-5H3,(H,18,19)(H,20,21)/b15-14-/t10-,11-,12-,13-/m1/s1. The normalized spacial score (nSPS) is 33.6. The van der Waals surface area contributed by atoms with Gasteiger partial charge in [0.15, 0.2) is 0 Å². The highest BCUT2D eigenvalue weighted by molar-refractivity contribution is 7.69. The Kier molecular flexibility index (Phi) is 6.25. The van der Waals surface area contributed by atoms with E-state index >= 15 is 0 Å². The summed E-state index contributed by atoms with van der Waals surface area (Å²) in [5.74, 6) is -1.01. The molecular weight excluding hydrogens is 328 g/mol. The molecule has 2 fully saturated rings. The van der Waals surface area contributed by atoms with E-state index < -0.39 is 21.8 Å². The van der Waals surface area contributed by atoms with E-state index in [0.29, 0.717) is 33.3 Å². The summed E-state index contributed by atoms with van der Waals surface area (Å²) in [5.41, 5.74) is 1.66. The molecule has 0 radical (unpaired) electrons. The first-order valence-electron chi connectivity index (χ1n) is 8.55. The molecule has 4 nitrogen and oxygen atoms in total. The number of carboxylic acid groups (broad SMARTS) is 1. The van der Waals surface area contributed by atoms with E-state index in [4.69, 9.17) is 0 Å². The van der Waals surface area contributed by atoms with Gasteiger partial charge in [-0.15, -0.1) is 0 Å². The Morgan fingerprint density at radius 1 is 0.826 bits per heavy atom. The van der Waals surface area contributed by atoms with Gasteiger partial charge in [0.2, 0.25) is 0 Å². The smallest absolute Gasteiger partial charge is 0.336 e. The summed E-state index contributed by atoms with van der Waals surface area (Å²) in [4.78, 5) is 24.9. The van der Waals surface area contributed by atoms with Gasteiger partial charge >= 0.3 is 5.97 Å². The first kappa shape index (κ1) is 18.9. The van der Waals surface area contributed by atoms with Crippen molar-refractivity contribution in [1.29, 1.82) is 0 Å². The second-order valence-electron chi connectivity index (χ2n) is 6.95. The van der Waals surface area contributed by atoms with Gasteiger partial charge in [0.1, 0.15) is 0 Å².